The molecule has 2 aliphatic heterocycles. The molecule has 0 spiro atoms. The molecule has 22 heavy (non-hydrogen) atoms. The lowest BCUT2D eigenvalue weighted by Gasteiger charge is -2.35. The van der Waals surface area contributed by atoms with Gasteiger partial charge in [0, 0.05) is 6.04 Å². The van der Waals surface area contributed by atoms with E-state index in [9.17, 15) is 4.79 Å². The molecule has 0 aromatic heterocycles. The summed E-state index contributed by atoms with van der Waals surface area (Å²) in [7, 11) is 0. The molecule has 1 amide bonds. The molecule has 0 saturated carbocycles. The van der Waals surface area contributed by atoms with E-state index in [1.807, 2.05) is 0 Å². The maximum Gasteiger partial charge on any atom is 0.410 e. The van der Waals surface area contributed by atoms with Crippen LogP contribution in [0.1, 0.15) is 96.8 Å². The Bertz CT molecular complexity index is 319. The Kier molecular flexibility index (Phi) is 8.11. The first-order chi connectivity index (χ1) is 10.8. The van der Waals surface area contributed by atoms with Crippen molar-refractivity contribution in [3.8, 4) is 0 Å². The number of hydrogen-bond donors (Lipinski definition) is 0. The van der Waals surface area contributed by atoms with Crippen LogP contribution in [0.15, 0.2) is 0 Å². The molecule has 2 atom stereocenters. The zero-order valence-corrected chi connectivity index (χ0v) is 14.5. The number of nitrogens with zero attached hydrogens (tertiary/aromatic N) is 1. The Morgan fingerprint density at radius 1 is 0.955 bits per heavy atom. The first-order valence-corrected chi connectivity index (χ1v) is 9.78. The van der Waals surface area contributed by atoms with Gasteiger partial charge >= 0.3 is 6.09 Å². The molecule has 2 saturated heterocycles. The number of unbranched alkanes of at least 4 members (excludes halogenated alkanes) is 9. The van der Waals surface area contributed by atoms with Crippen LogP contribution in [0.5, 0.6) is 0 Å². The van der Waals surface area contributed by atoms with E-state index >= 15 is 0 Å². The van der Waals surface area contributed by atoms with Gasteiger partial charge in [0.2, 0.25) is 0 Å². The van der Waals surface area contributed by atoms with Crippen LogP contribution < -0.4 is 0 Å². The minimum atomic E-state index is -0.0539. The van der Waals surface area contributed by atoms with Crippen molar-refractivity contribution in [2.24, 2.45) is 0 Å². The topological polar surface area (TPSA) is 29.5 Å². The van der Waals surface area contributed by atoms with E-state index in [-0.39, 0.29) is 6.09 Å². The average Bonchev–Trinajstić information content (AvgIpc) is 2.91. The van der Waals surface area contributed by atoms with Gasteiger partial charge in [-0.2, -0.15) is 0 Å². The minimum Gasteiger partial charge on any atom is -0.447 e. The molecular weight excluding hydrogens is 274 g/mol. The summed E-state index contributed by atoms with van der Waals surface area (Å²) in [6.45, 7) is 2.91. The number of fused-ring (bicyclic) bond motifs is 1. The summed E-state index contributed by atoms with van der Waals surface area (Å²) in [5.74, 6) is 0. The van der Waals surface area contributed by atoms with Crippen LogP contribution in [0.2, 0.25) is 0 Å². The molecule has 3 nitrogen and oxygen atoms in total. The van der Waals surface area contributed by atoms with Crippen LogP contribution in [-0.4, -0.2) is 29.7 Å². The van der Waals surface area contributed by atoms with Gasteiger partial charge in [0.05, 0.1) is 6.04 Å². The summed E-state index contributed by atoms with van der Waals surface area (Å²) in [5, 5.41) is 0. The van der Waals surface area contributed by atoms with Gasteiger partial charge in [-0.1, -0.05) is 71.1 Å². The molecule has 2 aliphatic rings. The number of amides is 1. The number of rotatable bonds is 11. The highest BCUT2D eigenvalue weighted by atomic mass is 16.6. The molecule has 0 radical (unpaired) electrons. The molecular formula is C19H35NO2. The highest BCUT2D eigenvalue weighted by Gasteiger charge is 2.39. The number of hydrogen-bond acceptors (Lipinski definition) is 2. The van der Waals surface area contributed by atoms with E-state index in [2.05, 4.69) is 11.8 Å². The van der Waals surface area contributed by atoms with Gasteiger partial charge in [-0.15, -0.1) is 0 Å². The number of piperidine rings is 1. The molecule has 0 aromatic rings. The molecule has 128 valence electrons. The minimum absolute atomic E-state index is 0.0539. The van der Waals surface area contributed by atoms with Crippen LogP contribution in [0.3, 0.4) is 0 Å². The largest absolute Gasteiger partial charge is 0.447 e. The molecule has 0 unspecified atom stereocenters. The van der Waals surface area contributed by atoms with Gasteiger partial charge in [-0.25, -0.2) is 4.79 Å². The molecule has 0 aromatic carbocycles. The van der Waals surface area contributed by atoms with E-state index in [0.717, 1.165) is 6.42 Å². The van der Waals surface area contributed by atoms with Crippen molar-refractivity contribution >= 4 is 6.09 Å². The van der Waals surface area contributed by atoms with Gasteiger partial charge in [-0.05, 0) is 25.7 Å². The summed E-state index contributed by atoms with van der Waals surface area (Å²) in [6, 6.07) is 0.845. The van der Waals surface area contributed by atoms with Crippen LogP contribution in [-0.2, 0) is 4.74 Å². The number of carbonyl (C=O) groups is 1. The SMILES string of the molecule is CCCCCCCCCCCC[C@H]1CCC[C@@H]2COC(=O)N12. The quantitative estimate of drug-likeness (QED) is 0.460. The van der Waals surface area contributed by atoms with Crippen LogP contribution in [0.25, 0.3) is 0 Å². The number of cyclic esters (lactones) is 1. The van der Waals surface area contributed by atoms with Gasteiger partial charge in [-0.3, -0.25) is 4.90 Å². The second-order valence-corrected chi connectivity index (χ2v) is 7.19. The fourth-order valence-corrected chi connectivity index (χ4v) is 4.02. The smallest absolute Gasteiger partial charge is 0.410 e. The molecule has 2 heterocycles. The van der Waals surface area contributed by atoms with Crippen LogP contribution >= 0.6 is 0 Å². The molecule has 2 rings (SSSR count). The van der Waals surface area contributed by atoms with Crippen molar-refractivity contribution in [2.75, 3.05) is 6.61 Å². The third kappa shape index (κ3) is 5.48. The predicted molar refractivity (Wildman–Crippen MR) is 91.1 cm³/mol. The lowest BCUT2D eigenvalue weighted by molar-refractivity contribution is 0.123. The van der Waals surface area contributed by atoms with Gasteiger partial charge in [0.25, 0.3) is 0 Å². The predicted octanol–water partition coefficient (Wildman–Crippen LogP) is 5.67. The Morgan fingerprint density at radius 3 is 2.27 bits per heavy atom. The maximum atomic E-state index is 11.8. The van der Waals surface area contributed by atoms with Crippen LogP contribution in [0.4, 0.5) is 4.79 Å². The molecule has 0 aliphatic carbocycles. The first kappa shape index (κ1) is 17.6. The Morgan fingerprint density at radius 2 is 1.59 bits per heavy atom. The summed E-state index contributed by atoms with van der Waals surface area (Å²) in [6.07, 6.45) is 18.5. The van der Waals surface area contributed by atoms with E-state index in [1.54, 1.807) is 0 Å². The summed E-state index contributed by atoms with van der Waals surface area (Å²) >= 11 is 0. The second-order valence-electron chi connectivity index (χ2n) is 7.19. The lowest BCUT2D eigenvalue weighted by Crippen LogP contribution is -2.45. The van der Waals surface area contributed by atoms with E-state index in [1.165, 1.54) is 83.5 Å². The highest BCUT2D eigenvalue weighted by Crippen LogP contribution is 2.31. The van der Waals surface area contributed by atoms with Crippen molar-refractivity contribution in [3.63, 3.8) is 0 Å². The lowest BCUT2D eigenvalue weighted by atomic mass is 9.93. The van der Waals surface area contributed by atoms with Crippen LogP contribution in [0, 0.1) is 0 Å². The van der Waals surface area contributed by atoms with E-state index in [0.29, 0.717) is 18.7 Å². The number of ether oxygens (including phenoxy) is 1. The third-order valence-electron chi connectivity index (χ3n) is 5.36. The van der Waals surface area contributed by atoms with Crippen molar-refractivity contribution < 1.29 is 9.53 Å². The molecule has 3 heteroatoms. The zero-order valence-electron chi connectivity index (χ0n) is 14.5. The van der Waals surface area contributed by atoms with Gasteiger partial charge < -0.3 is 4.74 Å². The first-order valence-electron chi connectivity index (χ1n) is 9.78. The zero-order chi connectivity index (χ0) is 15.6. The average molecular weight is 309 g/mol. The third-order valence-corrected chi connectivity index (χ3v) is 5.36. The van der Waals surface area contributed by atoms with Gasteiger partial charge in [0.15, 0.2) is 0 Å². The summed E-state index contributed by atoms with van der Waals surface area (Å²) in [4.78, 5) is 13.9. The number of carbonyl (C=O) groups excluding carboxylic acids is 1. The second kappa shape index (κ2) is 10.1. The molecule has 0 bridgehead atoms. The summed E-state index contributed by atoms with van der Waals surface area (Å²) in [5.41, 5.74) is 0. The Labute approximate surface area is 136 Å². The fraction of sp³-hybridized carbons (Fsp3) is 0.947. The Balaban J connectivity index is 1.47. The van der Waals surface area contributed by atoms with E-state index in [4.69, 9.17) is 4.74 Å². The van der Waals surface area contributed by atoms with Crippen molar-refractivity contribution in [1.82, 2.24) is 4.90 Å². The Hall–Kier alpha value is -0.730. The van der Waals surface area contributed by atoms with Crippen molar-refractivity contribution in [3.05, 3.63) is 0 Å². The van der Waals surface area contributed by atoms with E-state index < -0.39 is 0 Å². The standard InChI is InChI=1S/C19H35NO2/c1-2-3-4-5-6-7-8-9-10-11-13-17-14-12-15-18-16-22-19(21)20(17)18/h17-18H,2-16H2,1H3/t17-,18+/m0/s1. The highest BCUT2D eigenvalue weighted by molar-refractivity contribution is 5.70. The fourth-order valence-electron chi connectivity index (χ4n) is 4.02. The van der Waals surface area contributed by atoms with Crippen molar-refractivity contribution in [1.29, 1.82) is 0 Å². The van der Waals surface area contributed by atoms with Gasteiger partial charge in [0.1, 0.15) is 6.61 Å². The monoisotopic (exact) mass is 309 g/mol. The summed E-state index contributed by atoms with van der Waals surface area (Å²) < 4.78 is 5.22. The molecule has 2 fully saturated rings. The maximum absolute atomic E-state index is 11.8. The molecule has 0 N–H and O–H groups in total. The normalized spacial score (nSPS) is 24.4. The van der Waals surface area contributed by atoms with Crippen molar-refractivity contribution in [2.45, 2.75) is 109 Å².